The van der Waals surface area contributed by atoms with Gasteiger partial charge in [0.15, 0.2) is 0 Å². The van der Waals surface area contributed by atoms with Crippen LogP contribution in [0.4, 0.5) is 4.79 Å². The highest BCUT2D eigenvalue weighted by Gasteiger charge is 2.33. The molecule has 1 fully saturated rings. The number of hydrogen-bond donors (Lipinski definition) is 2. The van der Waals surface area contributed by atoms with Crippen LogP contribution in [0.1, 0.15) is 62.1 Å². The highest BCUT2D eigenvalue weighted by Crippen LogP contribution is 2.40. The Morgan fingerprint density at radius 1 is 1.25 bits per heavy atom. The first-order valence-electron chi connectivity index (χ1n) is 9.17. The van der Waals surface area contributed by atoms with Gasteiger partial charge in [-0.1, -0.05) is 39.0 Å². The molecular formula is C20H30N2O2. The third kappa shape index (κ3) is 3.59. The summed E-state index contributed by atoms with van der Waals surface area (Å²) in [5, 5.41) is 12.9. The summed E-state index contributed by atoms with van der Waals surface area (Å²) in [5.41, 5.74) is 4.19. The van der Waals surface area contributed by atoms with Crippen LogP contribution in [0.3, 0.4) is 0 Å². The molecule has 1 unspecified atom stereocenters. The van der Waals surface area contributed by atoms with Crippen molar-refractivity contribution in [2.24, 2.45) is 5.41 Å². The summed E-state index contributed by atoms with van der Waals surface area (Å²) in [6.45, 7) is 10.0. The molecule has 3 rings (SSSR count). The Hall–Kier alpha value is -1.55. The number of rotatable bonds is 1. The summed E-state index contributed by atoms with van der Waals surface area (Å²) >= 11 is 0. The van der Waals surface area contributed by atoms with Crippen LogP contribution in [-0.4, -0.2) is 42.3 Å². The number of nitrogens with zero attached hydrogens (tertiary/aromatic N) is 1. The number of benzene rings is 1. The molecule has 0 aromatic heterocycles. The molecule has 2 aliphatic rings. The SMILES string of the molecule is CC(C)(C)C1CN(C(=O)O)CCc2cc(C3CCNCC3)ccc21. The molecule has 4 heteroatoms. The van der Waals surface area contributed by atoms with Gasteiger partial charge in [0.1, 0.15) is 0 Å². The van der Waals surface area contributed by atoms with Gasteiger partial charge in [-0.05, 0) is 60.4 Å². The Bertz CT molecular complexity index is 600. The molecule has 0 spiro atoms. The van der Waals surface area contributed by atoms with Crippen molar-refractivity contribution < 1.29 is 9.90 Å². The topological polar surface area (TPSA) is 52.6 Å². The molecule has 0 saturated carbocycles. The molecule has 0 radical (unpaired) electrons. The van der Waals surface area contributed by atoms with Gasteiger partial charge in [0.25, 0.3) is 0 Å². The quantitative estimate of drug-likeness (QED) is 0.823. The van der Waals surface area contributed by atoms with Crippen LogP contribution in [-0.2, 0) is 6.42 Å². The lowest BCUT2D eigenvalue weighted by molar-refractivity contribution is 0.135. The van der Waals surface area contributed by atoms with E-state index >= 15 is 0 Å². The fraction of sp³-hybridized carbons (Fsp3) is 0.650. The molecule has 1 aromatic rings. The Balaban J connectivity index is 1.94. The van der Waals surface area contributed by atoms with Crippen LogP contribution in [0.15, 0.2) is 18.2 Å². The number of hydrogen-bond acceptors (Lipinski definition) is 2. The lowest BCUT2D eigenvalue weighted by Crippen LogP contribution is -2.36. The summed E-state index contributed by atoms with van der Waals surface area (Å²) in [7, 11) is 0. The molecular weight excluding hydrogens is 300 g/mol. The zero-order valence-corrected chi connectivity index (χ0v) is 15.1. The van der Waals surface area contributed by atoms with Gasteiger partial charge in [-0.25, -0.2) is 4.79 Å². The van der Waals surface area contributed by atoms with Crippen molar-refractivity contribution in [1.82, 2.24) is 10.2 Å². The number of piperidine rings is 1. The third-order valence-electron chi connectivity index (χ3n) is 5.72. The Kier molecular flexibility index (Phi) is 4.86. The third-order valence-corrected chi connectivity index (χ3v) is 5.72. The van der Waals surface area contributed by atoms with Crippen LogP contribution in [0.5, 0.6) is 0 Å². The van der Waals surface area contributed by atoms with Crippen LogP contribution < -0.4 is 5.32 Å². The first kappa shape index (κ1) is 17.3. The molecule has 1 amide bonds. The van der Waals surface area contributed by atoms with Gasteiger partial charge in [0.2, 0.25) is 0 Å². The van der Waals surface area contributed by atoms with Gasteiger partial charge >= 0.3 is 6.09 Å². The van der Waals surface area contributed by atoms with Crippen molar-refractivity contribution >= 4 is 6.09 Å². The van der Waals surface area contributed by atoms with Crippen LogP contribution in [0, 0.1) is 5.41 Å². The monoisotopic (exact) mass is 330 g/mol. The molecule has 1 aromatic carbocycles. The highest BCUT2D eigenvalue weighted by atomic mass is 16.4. The minimum atomic E-state index is -0.796. The second-order valence-corrected chi connectivity index (χ2v) is 8.38. The average molecular weight is 330 g/mol. The Morgan fingerprint density at radius 2 is 1.96 bits per heavy atom. The molecule has 4 nitrogen and oxygen atoms in total. The van der Waals surface area contributed by atoms with Gasteiger partial charge in [0, 0.05) is 19.0 Å². The lowest BCUT2D eigenvalue weighted by atomic mass is 9.74. The van der Waals surface area contributed by atoms with Crippen molar-refractivity contribution in [3.05, 3.63) is 34.9 Å². The van der Waals surface area contributed by atoms with E-state index in [-0.39, 0.29) is 11.3 Å². The average Bonchev–Trinajstić information content (AvgIpc) is 2.74. The van der Waals surface area contributed by atoms with Gasteiger partial charge in [0.05, 0.1) is 0 Å². The predicted octanol–water partition coefficient (Wildman–Crippen LogP) is 3.82. The maximum Gasteiger partial charge on any atom is 0.407 e. The maximum atomic E-state index is 11.6. The standard InChI is InChI=1S/C20H30N2O2/c1-20(2,3)18-13-22(19(23)24)11-8-16-12-15(4-5-17(16)18)14-6-9-21-10-7-14/h4-5,12,14,18,21H,6-11,13H2,1-3H3,(H,23,24). The van der Waals surface area contributed by atoms with E-state index in [1.54, 1.807) is 4.90 Å². The van der Waals surface area contributed by atoms with Crippen LogP contribution in [0.2, 0.25) is 0 Å². The van der Waals surface area contributed by atoms with E-state index in [1.165, 1.54) is 29.5 Å². The molecule has 2 aliphatic heterocycles. The van der Waals surface area contributed by atoms with Gasteiger partial charge in [-0.2, -0.15) is 0 Å². The number of nitrogens with one attached hydrogen (secondary N) is 1. The minimum Gasteiger partial charge on any atom is -0.465 e. The maximum absolute atomic E-state index is 11.6. The second-order valence-electron chi connectivity index (χ2n) is 8.38. The van der Waals surface area contributed by atoms with Gasteiger partial charge in [-0.15, -0.1) is 0 Å². The van der Waals surface area contributed by atoms with Crippen LogP contribution >= 0.6 is 0 Å². The molecule has 0 aliphatic carbocycles. The Morgan fingerprint density at radius 3 is 2.58 bits per heavy atom. The molecule has 2 heterocycles. The number of amides is 1. The summed E-state index contributed by atoms with van der Waals surface area (Å²) < 4.78 is 0. The van der Waals surface area contributed by atoms with Crippen LogP contribution in [0.25, 0.3) is 0 Å². The first-order chi connectivity index (χ1) is 11.4. The fourth-order valence-corrected chi connectivity index (χ4v) is 4.17. The zero-order chi connectivity index (χ0) is 17.3. The summed E-state index contributed by atoms with van der Waals surface area (Å²) in [6.07, 6.45) is 2.43. The predicted molar refractivity (Wildman–Crippen MR) is 96.8 cm³/mol. The molecule has 0 bridgehead atoms. The van der Waals surface area contributed by atoms with Crippen molar-refractivity contribution in [1.29, 1.82) is 0 Å². The lowest BCUT2D eigenvalue weighted by Gasteiger charge is -2.34. The first-order valence-corrected chi connectivity index (χ1v) is 9.17. The van der Waals surface area contributed by atoms with E-state index in [2.05, 4.69) is 44.3 Å². The Labute approximate surface area is 145 Å². The summed E-state index contributed by atoms with van der Waals surface area (Å²) in [4.78, 5) is 13.2. The largest absolute Gasteiger partial charge is 0.465 e. The van der Waals surface area contributed by atoms with E-state index in [0.29, 0.717) is 19.0 Å². The number of carbonyl (C=O) groups is 1. The van der Waals surface area contributed by atoms with Crippen molar-refractivity contribution in [2.45, 2.75) is 51.9 Å². The number of fused-ring (bicyclic) bond motifs is 1. The zero-order valence-electron chi connectivity index (χ0n) is 15.1. The minimum absolute atomic E-state index is 0.0447. The van der Waals surface area contributed by atoms with Gasteiger partial charge in [-0.3, -0.25) is 0 Å². The smallest absolute Gasteiger partial charge is 0.407 e. The van der Waals surface area contributed by atoms with Crippen molar-refractivity contribution in [2.75, 3.05) is 26.2 Å². The summed E-state index contributed by atoms with van der Waals surface area (Å²) in [6, 6.07) is 6.95. The highest BCUT2D eigenvalue weighted by molar-refractivity contribution is 5.65. The molecule has 1 saturated heterocycles. The summed E-state index contributed by atoms with van der Waals surface area (Å²) in [5.74, 6) is 0.886. The van der Waals surface area contributed by atoms with E-state index < -0.39 is 6.09 Å². The van der Waals surface area contributed by atoms with E-state index in [4.69, 9.17) is 0 Å². The second kappa shape index (κ2) is 6.75. The van der Waals surface area contributed by atoms with Crippen molar-refractivity contribution in [3.8, 4) is 0 Å². The molecule has 132 valence electrons. The van der Waals surface area contributed by atoms with Crippen molar-refractivity contribution in [3.63, 3.8) is 0 Å². The van der Waals surface area contributed by atoms with E-state index in [0.717, 1.165) is 19.5 Å². The fourth-order valence-electron chi connectivity index (χ4n) is 4.17. The van der Waals surface area contributed by atoms with E-state index in [9.17, 15) is 9.90 Å². The van der Waals surface area contributed by atoms with Gasteiger partial charge < -0.3 is 15.3 Å². The number of carboxylic acid groups (broad SMARTS) is 1. The molecule has 24 heavy (non-hydrogen) atoms. The normalized spacial score (nSPS) is 22.8. The van der Waals surface area contributed by atoms with E-state index in [1.807, 2.05) is 0 Å². The molecule has 2 N–H and O–H groups in total. The molecule has 1 atom stereocenters.